The Morgan fingerprint density at radius 1 is 1.19 bits per heavy atom. The van der Waals surface area contributed by atoms with E-state index in [1.165, 1.54) is 13.0 Å². The van der Waals surface area contributed by atoms with Crippen LogP contribution in [0, 0.1) is 12.7 Å². The maximum absolute atomic E-state index is 13.2. The van der Waals surface area contributed by atoms with Gasteiger partial charge >= 0.3 is 0 Å². The zero-order chi connectivity index (χ0) is 19.5. The number of carbonyl (C=O) groups excluding carboxylic acids is 1. The maximum atomic E-state index is 13.2. The molecule has 0 atom stereocenters. The van der Waals surface area contributed by atoms with Gasteiger partial charge in [0.1, 0.15) is 5.82 Å². The predicted molar refractivity (Wildman–Crippen MR) is 101 cm³/mol. The van der Waals surface area contributed by atoms with Gasteiger partial charge in [0, 0.05) is 6.54 Å². The van der Waals surface area contributed by atoms with Crippen LogP contribution in [0.5, 0.6) is 0 Å². The highest BCUT2D eigenvalue weighted by Crippen LogP contribution is 2.30. The van der Waals surface area contributed by atoms with Gasteiger partial charge in [-0.1, -0.05) is 36.2 Å². The Hall–Kier alpha value is -1.67. The molecule has 2 aromatic carbocycles. The fraction of sp³-hybridized carbons (Fsp3) is 0.235. The molecule has 1 N–H and O–H groups in total. The molecule has 0 bridgehead atoms. The molecule has 0 aliphatic heterocycles. The predicted octanol–water partition coefficient (Wildman–Crippen LogP) is 4.09. The summed E-state index contributed by atoms with van der Waals surface area (Å²) in [6, 6.07) is 8.12. The summed E-state index contributed by atoms with van der Waals surface area (Å²) >= 11 is 12.0. The van der Waals surface area contributed by atoms with E-state index in [-0.39, 0.29) is 32.7 Å². The summed E-state index contributed by atoms with van der Waals surface area (Å²) in [4.78, 5) is 12.3. The first-order valence-corrected chi connectivity index (χ1v) is 9.86. The summed E-state index contributed by atoms with van der Waals surface area (Å²) < 4.78 is 39.8. The van der Waals surface area contributed by atoms with Gasteiger partial charge in [-0.3, -0.25) is 4.79 Å². The number of amides is 1. The van der Waals surface area contributed by atoms with Gasteiger partial charge in [-0.2, -0.15) is 4.31 Å². The third-order valence-corrected chi connectivity index (χ3v) is 6.37. The van der Waals surface area contributed by atoms with Crippen LogP contribution < -0.4 is 5.32 Å². The van der Waals surface area contributed by atoms with Gasteiger partial charge in [0.2, 0.25) is 15.9 Å². The Labute approximate surface area is 161 Å². The molecular formula is C17H17Cl2FN2O3S. The van der Waals surface area contributed by atoms with Gasteiger partial charge in [-0.15, -0.1) is 0 Å². The van der Waals surface area contributed by atoms with Crippen LogP contribution >= 0.6 is 23.2 Å². The summed E-state index contributed by atoms with van der Waals surface area (Å²) in [7, 11) is -3.97. The fourth-order valence-electron chi connectivity index (χ4n) is 2.36. The smallest absolute Gasteiger partial charge is 0.243 e. The van der Waals surface area contributed by atoms with Gasteiger partial charge in [-0.25, -0.2) is 12.8 Å². The third kappa shape index (κ3) is 4.54. The molecule has 0 aliphatic carbocycles. The minimum atomic E-state index is -3.97. The number of sulfonamides is 1. The zero-order valence-electron chi connectivity index (χ0n) is 14.1. The lowest BCUT2D eigenvalue weighted by Crippen LogP contribution is -2.38. The second kappa shape index (κ2) is 8.35. The Morgan fingerprint density at radius 3 is 2.35 bits per heavy atom. The molecule has 0 heterocycles. The number of hydrogen-bond donors (Lipinski definition) is 1. The van der Waals surface area contributed by atoms with E-state index < -0.39 is 28.3 Å². The standard InChI is InChI=1S/C17H17Cl2FN2O3S/c1-3-22(26(24,25)15-8-7-12(20)9-11(15)2)10-16(23)21-17-13(18)5-4-6-14(17)19/h4-9H,3,10H2,1-2H3,(H,21,23). The van der Waals surface area contributed by atoms with Crippen LogP contribution in [0.2, 0.25) is 10.0 Å². The van der Waals surface area contributed by atoms with Crippen LogP contribution in [-0.4, -0.2) is 31.7 Å². The number of rotatable bonds is 6. The number of nitrogens with zero attached hydrogens (tertiary/aromatic N) is 1. The largest absolute Gasteiger partial charge is 0.322 e. The number of aryl methyl sites for hydroxylation is 1. The van der Waals surface area contributed by atoms with E-state index in [1.807, 2.05) is 0 Å². The van der Waals surface area contributed by atoms with Gasteiger partial charge in [0.25, 0.3) is 0 Å². The minimum absolute atomic E-state index is 0.0516. The van der Waals surface area contributed by atoms with E-state index in [0.29, 0.717) is 0 Å². The molecule has 0 saturated heterocycles. The van der Waals surface area contributed by atoms with Crippen LogP contribution in [0.15, 0.2) is 41.3 Å². The summed E-state index contributed by atoms with van der Waals surface area (Å²) in [6.45, 7) is 2.72. The number of nitrogens with one attached hydrogen (secondary N) is 1. The van der Waals surface area contributed by atoms with Crippen molar-refractivity contribution in [2.24, 2.45) is 0 Å². The Balaban J connectivity index is 2.24. The molecule has 140 valence electrons. The average molecular weight is 419 g/mol. The molecule has 26 heavy (non-hydrogen) atoms. The van der Waals surface area contributed by atoms with Gasteiger partial charge < -0.3 is 5.32 Å². The van der Waals surface area contributed by atoms with E-state index in [9.17, 15) is 17.6 Å². The molecule has 2 rings (SSSR count). The summed E-state index contributed by atoms with van der Waals surface area (Å²) in [6.07, 6.45) is 0. The molecule has 0 saturated carbocycles. The highest BCUT2D eigenvalue weighted by molar-refractivity contribution is 7.89. The van der Waals surface area contributed by atoms with Crippen molar-refractivity contribution < 1.29 is 17.6 Å². The van der Waals surface area contributed by atoms with Crippen LogP contribution in [0.1, 0.15) is 12.5 Å². The topological polar surface area (TPSA) is 66.5 Å². The second-order valence-corrected chi connectivity index (χ2v) is 8.21. The van der Waals surface area contributed by atoms with Crippen molar-refractivity contribution in [2.45, 2.75) is 18.7 Å². The van der Waals surface area contributed by atoms with Crippen molar-refractivity contribution in [3.63, 3.8) is 0 Å². The first kappa shape index (κ1) is 20.6. The Bertz CT molecular complexity index is 915. The molecule has 0 aliphatic rings. The van der Waals surface area contributed by atoms with Crippen molar-refractivity contribution in [3.05, 3.63) is 57.8 Å². The Morgan fingerprint density at radius 2 is 1.81 bits per heavy atom. The number of halogens is 3. The first-order chi connectivity index (χ1) is 12.2. The minimum Gasteiger partial charge on any atom is -0.322 e. The highest BCUT2D eigenvalue weighted by Gasteiger charge is 2.27. The maximum Gasteiger partial charge on any atom is 0.243 e. The summed E-state index contributed by atoms with van der Waals surface area (Å²) in [5.41, 5.74) is 0.477. The summed E-state index contributed by atoms with van der Waals surface area (Å²) in [5.74, 6) is -1.12. The molecule has 5 nitrogen and oxygen atoms in total. The quantitative estimate of drug-likeness (QED) is 0.767. The van der Waals surface area contributed by atoms with Gasteiger partial charge in [0.05, 0.1) is 27.2 Å². The van der Waals surface area contributed by atoms with Crippen molar-refractivity contribution >= 4 is 44.8 Å². The van der Waals surface area contributed by atoms with Crippen molar-refractivity contribution in [1.29, 1.82) is 0 Å². The van der Waals surface area contributed by atoms with E-state index in [1.54, 1.807) is 25.1 Å². The lowest BCUT2D eigenvalue weighted by atomic mass is 10.2. The fourth-order valence-corrected chi connectivity index (χ4v) is 4.47. The van der Waals surface area contributed by atoms with Crippen molar-refractivity contribution in [1.82, 2.24) is 4.31 Å². The van der Waals surface area contributed by atoms with Crippen molar-refractivity contribution in [3.8, 4) is 0 Å². The van der Waals surface area contributed by atoms with Crippen LogP contribution in [0.4, 0.5) is 10.1 Å². The number of hydrogen-bond acceptors (Lipinski definition) is 3. The number of likely N-dealkylation sites (N-methyl/N-ethyl adjacent to an activating group) is 1. The third-order valence-electron chi connectivity index (χ3n) is 3.65. The lowest BCUT2D eigenvalue weighted by molar-refractivity contribution is -0.116. The van der Waals surface area contributed by atoms with E-state index in [2.05, 4.69) is 5.32 Å². The number of carbonyl (C=O) groups is 1. The van der Waals surface area contributed by atoms with Crippen LogP contribution in [0.25, 0.3) is 0 Å². The molecule has 2 aromatic rings. The van der Waals surface area contributed by atoms with Crippen LogP contribution in [0.3, 0.4) is 0 Å². The normalized spacial score (nSPS) is 11.6. The molecular weight excluding hydrogens is 402 g/mol. The molecule has 9 heteroatoms. The molecule has 0 fully saturated rings. The first-order valence-electron chi connectivity index (χ1n) is 7.67. The number of para-hydroxylation sites is 1. The van der Waals surface area contributed by atoms with Gasteiger partial charge in [-0.05, 0) is 42.8 Å². The average Bonchev–Trinajstić information content (AvgIpc) is 2.55. The van der Waals surface area contributed by atoms with E-state index in [0.717, 1.165) is 16.4 Å². The van der Waals surface area contributed by atoms with Gasteiger partial charge in [0.15, 0.2) is 0 Å². The monoisotopic (exact) mass is 418 g/mol. The highest BCUT2D eigenvalue weighted by atomic mass is 35.5. The molecule has 0 radical (unpaired) electrons. The summed E-state index contributed by atoms with van der Waals surface area (Å²) in [5, 5.41) is 3.01. The number of anilines is 1. The molecule has 0 unspecified atom stereocenters. The lowest BCUT2D eigenvalue weighted by Gasteiger charge is -2.21. The Kier molecular flexibility index (Phi) is 6.63. The molecule has 0 aromatic heterocycles. The second-order valence-electron chi connectivity index (χ2n) is 5.49. The van der Waals surface area contributed by atoms with Crippen LogP contribution in [-0.2, 0) is 14.8 Å². The van der Waals surface area contributed by atoms with E-state index in [4.69, 9.17) is 23.2 Å². The van der Waals surface area contributed by atoms with E-state index >= 15 is 0 Å². The SMILES string of the molecule is CCN(CC(=O)Nc1c(Cl)cccc1Cl)S(=O)(=O)c1ccc(F)cc1C. The zero-order valence-corrected chi connectivity index (χ0v) is 16.4. The molecule has 0 spiro atoms. The van der Waals surface area contributed by atoms with Crippen molar-refractivity contribution in [2.75, 3.05) is 18.4 Å². The molecule has 1 amide bonds. The number of benzene rings is 2.